The van der Waals surface area contributed by atoms with Crippen molar-refractivity contribution in [1.29, 1.82) is 0 Å². The highest BCUT2D eigenvalue weighted by Crippen LogP contribution is 2.38. The van der Waals surface area contributed by atoms with Crippen molar-refractivity contribution < 1.29 is 24.2 Å². The van der Waals surface area contributed by atoms with Crippen LogP contribution in [0.5, 0.6) is 11.5 Å². The number of Topliss-reactive ketones (excluding diaryl/α,β-unsaturated/α-hetero) is 1. The zero-order valence-corrected chi connectivity index (χ0v) is 13.6. The zero-order valence-electron chi connectivity index (χ0n) is 13.6. The lowest BCUT2D eigenvalue weighted by atomic mass is 10.0. The minimum Gasteiger partial charge on any atom is -0.493 e. The second-order valence-corrected chi connectivity index (χ2v) is 4.95. The Hall–Kier alpha value is -2.54. The number of carbonyl (C=O) groups is 2. The summed E-state index contributed by atoms with van der Waals surface area (Å²) in [4.78, 5) is 23.0. The second-order valence-electron chi connectivity index (χ2n) is 4.95. The van der Waals surface area contributed by atoms with E-state index in [0.29, 0.717) is 11.3 Å². The quantitative estimate of drug-likeness (QED) is 0.285. The number of hydrogen-bond donors (Lipinski definition) is 3. The lowest BCUT2D eigenvalue weighted by Crippen LogP contribution is -2.28. The lowest BCUT2D eigenvalue weighted by Gasteiger charge is -2.18. The van der Waals surface area contributed by atoms with Crippen molar-refractivity contribution in [3.8, 4) is 11.5 Å². The van der Waals surface area contributed by atoms with E-state index in [-0.39, 0.29) is 47.4 Å². The molecule has 1 amide bonds. The molecule has 0 saturated carbocycles. The van der Waals surface area contributed by atoms with E-state index in [1.165, 1.54) is 20.1 Å². The number of nitrogen functional groups attached to an aromatic ring is 1. The molecule has 1 aromatic rings. The molecule has 0 bridgehead atoms. The number of benzene rings is 1. The standard InChI is InChI=1S/C16H22N2O5/c1-9(2)16(21)18-5-6-23-15-12(8-19)14(17)11(10(3)20)7-13(15)22-4/h7,19H,1,5-6,8,17H2,2-4H3,(H,18,21). The number of ketones is 1. The number of carbonyl (C=O) groups excluding carboxylic acids is 2. The van der Waals surface area contributed by atoms with Gasteiger partial charge < -0.3 is 25.6 Å². The van der Waals surface area contributed by atoms with Crippen molar-refractivity contribution in [1.82, 2.24) is 5.32 Å². The van der Waals surface area contributed by atoms with Gasteiger partial charge in [-0.05, 0) is 19.9 Å². The third-order valence-corrected chi connectivity index (χ3v) is 3.17. The molecule has 1 aromatic carbocycles. The topological polar surface area (TPSA) is 111 Å². The first-order chi connectivity index (χ1) is 10.8. The molecule has 0 fully saturated rings. The number of anilines is 1. The maximum atomic E-state index is 11.6. The highest BCUT2D eigenvalue weighted by atomic mass is 16.5. The van der Waals surface area contributed by atoms with Gasteiger partial charge in [0.15, 0.2) is 17.3 Å². The van der Waals surface area contributed by atoms with E-state index in [0.717, 1.165) is 0 Å². The summed E-state index contributed by atoms with van der Waals surface area (Å²) in [5.41, 5.74) is 7.00. The zero-order chi connectivity index (χ0) is 17.6. The van der Waals surface area contributed by atoms with E-state index in [1.807, 2.05) is 0 Å². The number of ether oxygens (including phenoxy) is 2. The normalized spacial score (nSPS) is 10.1. The van der Waals surface area contributed by atoms with Gasteiger partial charge in [0.05, 0.1) is 25.9 Å². The molecule has 23 heavy (non-hydrogen) atoms. The molecule has 0 aliphatic heterocycles. The van der Waals surface area contributed by atoms with E-state index in [2.05, 4.69) is 11.9 Å². The fourth-order valence-electron chi connectivity index (χ4n) is 1.93. The molecule has 7 nitrogen and oxygen atoms in total. The predicted molar refractivity (Wildman–Crippen MR) is 86.7 cm³/mol. The van der Waals surface area contributed by atoms with E-state index in [1.54, 1.807) is 6.92 Å². The summed E-state index contributed by atoms with van der Waals surface area (Å²) >= 11 is 0. The number of amides is 1. The number of nitrogens with one attached hydrogen (secondary N) is 1. The van der Waals surface area contributed by atoms with Crippen LogP contribution in [0.3, 0.4) is 0 Å². The minimum absolute atomic E-state index is 0.140. The van der Waals surface area contributed by atoms with E-state index in [9.17, 15) is 14.7 Å². The van der Waals surface area contributed by atoms with E-state index in [4.69, 9.17) is 15.2 Å². The summed E-state index contributed by atoms with van der Waals surface area (Å²) in [5.74, 6) is 0.0342. The monoisotopic (exact) mass is 322 g/mol. The Morgan fingerprint density at radius 3 is 2.52 bits per heavy atom. The summed E-state index contributed by atoms with van der Waals surface area (Å²) in [6.07, 6.45) is 0. The summed E-state index contributed by atoms with van der Waals surface area (Å²) in [5, 5.41) is 12.2. The van der Waals surface area contributed by atoms with E-state index < -0.39 is 6.61 Å². The largest absolute Gasteiger partial charge is 0.493 e. The van der Waals surface area contributed by atoms with Crippen molar-refractivity contribution in [2.45, 2.75) is 20.5 Å². The molecule has 1 rings (SSSR count). The first kappa shape index (κ1) is 18.5. The molecule has 126 valence electrons. The molecule has 0 aliphatic carbocycles. The molecule has 4 N–H and O–H groups in total. The molecule has 0 radical (unpaired) electrons. The predicted octanol–water partition coefficient (Wildman–Crippen LogP) is 1.04. The van der Waals surface area contributed by atoms with Crippen LogP contribution in [-0.2, 0) is 11.4 Å². The van der Waals surface area contributed by atoms with Gasteiger partial charge in [-0.25, -0.2) is 0 Å². The fourth-order valence-corrected chi connectivity index (χ4v) is 1.93. The molecule has 0 aliphatic rings. The van der Waals surface area contributed by atoms with Gasteiger partial charge in [-0.15, -0.1) is 0 Å². The third-order valence-electron chi connectivity index (χ3n) is 3.17. The highest BCUT2D eigenvalue weighted by molar-refractivity contribution is 6.00. The second kappa shape index (κ2) is 8.19. The molecule has 0 spiro atoms. The Bertz CT molecular complexity index is 625. The van der Waals surface area contributed by atoms with Crippen molar-refractivity contribution in [3.05, 3.63) is 29.3 Å². The maximum Gasteiger partial charge on any atom is 0.246 e. The highest BCUT2D eigenvalue weighted by Gasteiger charge is 2.20. The van der Waals surface area contributed by atoms with Gasteiger partial charge in [0.25, 0.3) is 0 Å². The number of methoxy groups -OCH3 is 1. The van der Waals surface area contributed by atoms with Gasteiger partial charge in [-0.1, -0.05) is 6.58 Å². The number of aliphatic hydroxyl groups is 1. The summed E-state index contributed by atoms with van der Waals surface area (Å²) in [6, 6.07) is 1.47. The van der Waals surface area contributed by atoms with Gasteiger partial charge in [0.1, 0.15) is 6.61 Å². The van der Waals surface area contributed by atoms with Gasteiger partial charge in [-0.2, -0.15) is 0 Å². The molecular formula is C16H22N2O5. The summed E-state index contributed by atoms with van der Waals surface area (Å²) in [7, 11) is 1.42. The summed E-state index contributed by atoms with van der Waals surface area (Å²) in [6.45, 7) is 6.48. The van der Waals surface area contributed by atoms with Gasteiger partial charge >= 0.3 is 0 Å². The lowest BCUT2D eigenvalue weighted by molar-refractivity contribution is -0.117. The third kappa shape index (κ3) is 4.46. The van der Waals surface area contributed by atoms with Crippen molar-refractivity contribution in [3.63, 3.8) is 0 Å². The summed E-state index contributed by atoms with van der Waals surface area (Å²) < 4.78 is 10.8. The molecule has 7 heteroatoms. The van der Waals surface area contributed by atoms with Crippen LogP contribution in [0.15, 0.2) is 18.2 Å². The van der Waals surface area contributed by atoms with E-state index >= 15 is 0 Å². The van der Waals surface area contributed by atoms with Crippen LogP contribution < -0.4 is 20.5 Å². The van der Waals surface area contributed by atoms with Crippen LogP contribution in [0, 0.1) is 0 Å². The van der Waals surface area contributed by atoms with Crippen LogP contribution in [0.2, 0.25) is 0 Å². The Balaban J connectivity index is 2.97. The van der Waals surface area contributed by atoms with Crippen LogP contribution in [0.4, 0.5) is 5.69 Å². The Morgan fingerprint density at radius 2 is 2.04 bits per heavy atom. The smallest absolute Gasteiger partial charge is 0.246 e. The minimum atomic E-state index is -0.406. The average Bonchev–Trinajstić information content (AvgIpc) is 2.50. The van der Waals surface area contributed by atoms with Crippen LogP contribution in [0.1, 0.15) is 29.8 Å². The number of hydrogen-bond acceptors (Lipinski definition) is 6. The first-order valence-electron chi connectivity index (χ1n) is 7.01. The van der Waals surface area contributed by atoms with Crippen LogP contribution in [-0.4, -0.2) is 37.1 Å². The molecule has 0 saturated heterocycles. The van der Waals surface area contributed by atoms with Crippen molar-refractivity contribution in [2.75, 3.05) is 26.0 Å². The van der Waals surface area contributed by atoms with Crippen molar-refractivity contribution in [2.24, 2.45) is 0 Å². The average molecular weight is 322 g/mol. The molecular weight excluding hydrogens is 300 g/mol. The fraction of sp³-hybridized carbons (Fsp3) is 0.375. The first-order valence-corrected chi connectivity index (χ1v) is 7.01. The molecule has 0 heterocycles. The molecule has 0 unspecified atom stereocenters. The van der Waals surface area contributed by atoms with Crippen LogP contribution >= 0.6 is 0 Å². The van der Waals surface area contributed by atoms with Crippen molar-refractivity contribution >= 4 is 17.4 Å². The molecule has 0 aromatic heterocycles. The number of rotatable bonds is 8. The number of aliphatic hydroxyl groups excluding tert-OH is 1. The number of nitrogens with two attached hydrogens (primary N) is 1. The van der Waals surface area contributed by atoms with Gasteiger partial charge in [0.2, 0.25) is 5.91 Å². The van der Waals surface area contributed by atoms with Crippen LogP contribution in [0.25, 0.3) is 0 Å². The Kier molecular flexibility index (Phi) is 6.59. The van der Waals surface area contributed by atoms with Gasteiger partial charge in [-0.3, -0.25) is 9.59 Å². The Morgan fingerprint density at radius 1 is 1.39 bits per heavy atom. The maximum absolute atomic E-state index is 11.6. The van der Waals surface area contributed by atoms with Gasteiger partial charge in [0, 0.05) is 16.7 Å². The Labute approximate surface area is 135 Å². The molecule has 0 atom stereocenters. The SMILES string of the molecule is C=C(C)C(=O)NCCOc1c(OC)cc(C(C)=O)c(N)c1CO.